The first-order chi connectivity index (χ1) is 4.79. The van der Waals surface area contributed by atoms with E-state index in [2.05, 4.69) is 16.1 Å². The van der Waals surface area contributed by atoms with Crippen LogP contribution >= 0.6 is 16.1 Å². The summed E-state index contributed by atoms with van der Waals surface area (Å²) in [6.45, 7) is 0. The maximum Gasteiger partial charge on any atom is 0.235 e. The van der Waals surface area contributed by atoms with Crippen LogP contribution in [0.2, 0.25) is 0 Å². The maximum absolute atomic E-state index is 11.3. The fourth-order valence-corrected chi connectivity index (χ4v) is 2.60. The summed E-state index contributed by atoms with van der Waals surface area (Å²) in [6.07, 6.45) is 4.63. The largest absolute Gasteiger partial charge is 0.276 e. The van der Waals surface area contributed by atoms with Gasteiger partial charge in [-0.05, 0) is 25.7 Å². The molecule has 0 radical (unpaired) electrons. The first kappa shape index (κ1) is 6.65. The number of halogens is 1. The molecule has 3 fully saturated rings. The minimum Gasteiger partial charge on any atom is -0.276 e. The van der Waals surface area contributed by atoms with Gasteiger partial charge in [0.2, 0.25) is 5.91 Å². The van der Waals surface area contributed by atoms with Crippen molar-refractivity contribution in [3.05, 3.63) is 0 Å². The number of carbonyl (C=O) groups is 1. The van der Waals surface area contributed by atoms with Crippen LogP contribution in [0.15, 0.2) is 0 Å². The summed E-state index contributed by atoms with van der Waals surface area (Å²) in [5.41, 5.74) is 0. The van der Waals surface area contributed by atoms with Crippen molar-refractivity contribution in [3.8, 4) is 0 Å². The molecule has 56 valence electrons. The lowest BCUT2D eigenvalue weighted by Crippen LogP contribution is -2.46. The van der Waals surface area contributed by atoms with Crippen molar-refractivity contribution >= 4 is 22.1 Å². The van der Waals surface area contributed by atoms with E-state index in [0.29, 0.717) is 17.9 Å². The lowest BCUT2D eigenvalue weighted by molar-refractivity contribution is -0.137. The molecule has 2 heterocycles. The maximum atomic E-state index is 11.3. The Morgan fingerprint density at radius 3 is 2.20 bits per heavy atom. The lowest BCUT2D eigenvalue weighted by atomic mass is 9.81. The van der Waals surface area contributed by atoms with Crippen LogP contribution in [0.25, 0.3) is 0 Å². The third-order valence-electron chi connectivity index (χ3n) is 2.58. The number of hydrogen-bond donors (Lipinski definition) is 0. The second-order valence-corrected chi connectivity index (χ2v) is 3.92. The molecule has 0 aromatic carbocycles. The summed E-state index contributed by atoms with van der Waals surface area (Å²) >= 11 is 3.29. The number of rotatable bonds is 0. The van der Waals surface area contributed by atoms with Gasteiger partial charge in [0.25, 0.3) is 0 Å². The summed E-state index contributed by atoms with van der Waals surface area (Å²) in [6, 6.07) is 0.498. The van der Waals surface area contributed by atoms with E-state index >= 15 is 0 Å². The molecule has 10 heavy (non-hydrogen) atoms. The Morgan fingerprint density at radius 2 is 1.90 bits per heavy atom. The SMILES string of the molecule is O=C1C2CCC(CC2)N1Br. The molecule has 0 aromatic heterocycles. The lowest BCUT2D eigenvalue weighted by Gasteiger charge is -2.40. The van der Waals surface area contributed by atoms with Gasteiger partial charge in [0.15, 0.2) is 0 Å². The molecule has 1 amide bonds. The predicted octanol–water partition coefficient (Wildman–Crippen LogP) is 1.70. The van der Waals surface area contributed by atoms with Crippen LogP contribution < -0.4 is 0 Å². The molecule has 1 aliphatic carbocycles. The van der Waals surface area contributed by atoms with Crippen molar-refractivity contribution in [1.82, 2.24) is 3.93 Å². The van der Waals surface area contributed by atoms with Gasteiger partial charge in [-0.3, -0.25) is 8.72 Å². The molecule has 2 saturated heterocycles. The molecule has 1 saturated carbocycles. The zero-order valence-electron chi connectivity index (χ0n) is 5.72. The summed E-state index contributed by atoms with van der Waals surface area (Å²) < 4.78 is 1.75. The normalized spacial score (nSPS) is 38.9. The Labute approximate surface area is 68.9 Å². The van der Waals surface area contributed by atoms with Gasteiger partial charge in [0.1, 0.15) is 0 Å². The van der Waals surface area contributed by atoms with Crippen molar-refractivity contribution in [1.29, 1.82) is 0 Å². The van der Waals surface area contributed by atoms with Gasteiger partial charge in [-0.2, -0.15) is 0 Å². The van der Waals surface area contributed by atoms with Gasteiger partial charge in [0.05, 0.1) is 16.1 Å². The van der Waals surface area contributed by atoms with Crippen molar-refractivity contribution in [2.45, 2.75) is 31.7 Å². The molecule has 2 aliphatic heterocycles. The molecule has 2 bridgehead atoms. The van der Waals surface area contributed by atoms with E-state index < -0.39 is 0 Å². The van der Waals surface area contributed by atoms with Gasteiger partial charge < -0.3 is 0 Å². The molecule has 3 aliphatic rings. The number of carbonyl (C=O) groups excluding carboxylic acids is 1. The summed E-state index contributed by atoms with van der Waals surface area (Å²) in [5.74, 6) is 0.645. The average molecular weight is 204 g/mol. The highest BCUT2D eigenvalue weighted by Gasteiger charge is 2.38. The van der Waals surface area contributed by atoms with Crippen LogP contribution in [0.4, 0.5) is 0 Å². The second kappa shape index (κ2) is 2.22. The Morgan fingerprint density at radius 1 is 1.30 bits per heavy atom. The summed E-state index contributed by atoms with van der Waals surface area (Å²) in [5, 5.41) is 0. The Balaban J connectivity index is 2.20. The zero-order valence-corrected chi connectivity index (χ0v) is 7.30. The first-order valence-electron chi connectivity index (χ1n) is 3.78. The fraction of sp³-hybridized carbons (Fsp3) is 0.857. The topological polar surface area (TPSA) is 20.3 Å². The molecule has 0 atom stereocenters. The smallest absolute Gasteiger partial charge is 0.235 e. The highest BCUT2D eigenvalue weighted by atomic mass is 79.9. The molecule has 2 nitrogen and oxygen atoms in total. The highest BCUT2D eigenvalue weighted by molar-refractivity contribution is 9.07. The molecule has 0 spiro atoms. The Hall–Kier alpha value is -0.0500. The van der Waals surface area contributed by atoms with Crippen LogP contribution in [0.5, 0.6) is 0 Å². The number of fused-ring (bicyclic) bond motifs is 3. The van der Waals surface area contributed by atoms with E-state index in [-0.39, 0.29) is 0 Å². The number of nitrogens with zero attached hydrogens (tertiary/aromatic N) is 1. The van der Waals surface area contributed by atoms with E-state index in [1.807, 2.05) is 0 Å². The van der Waals surface area contributed by atoms with Crippen LogP contribution in [0, 0.1) is 5.92 Å². The summed E-state index contributed by atoms with van der Waals surface area (Å²) in [7, 11) is 0. The van der Waals surface area contributed by atoms with Gasteiger partial charge >= 0.3 is 0 Å². The molecule has 0 aromatic rings. The van der Waals surface area contributed by atoms with E-state index in [0.717, 1.165) is 12.8 Å². The second-order valence-electron chi connectivity index (χ2n) is 3.15. The van der Waals surface area contributed by atoms with Crippen LogP contribution in [-0.2, 0) is 4.79 Å². The molecule has 0 unspecified atom stereocenters. The molecule has 3 heteroatoms. The van der Waals surface area contributed by atoms with Crippen molar-refractivity contribution in [2.24, 2.45) is 5.92 Å². The van der Waals surface area contributed by atoms with E-state index in [1.165, 1.54) is 12.8 Å². The summed E-state index contributed by atoms with van der Waals surface area (Å²) in [4.78, 5) is 11.3. The number of piperidine rings is 2. The quantitative estimate of drug-likeness (QED) is 0.550. The van der Waals surface area contributed by atoms with Crippen molar-refractivity contribution in [2.75, 3.05) is 0 Å². The molecular formula is C7H10BrNO. The number of hydrogen-bond acceptors (Lipinski definition) is 1. The minimum absolute atomic E-state index is 0.308. The van der Waals surface area contributed by atoms with Crippen LogP contribution in [0.3, 0.4) is 0 Å². The standard InChI is InChI=1S/C7H10BrNO/c8-9-6-3-1-5(2-4-6)7(9)10/h5-6H,1-4H2. The third-order valence-corrected chi connectivity index (χ3v) is 3.51. The van der Waals surface area contributed by atoms with Crippen molar-refractivity contribution in [3.63, 3.8) is 0 Å². The van der Waals surface area contributed by atoms with Gasteiger partial charge in [0, 0.05) is 12.0 Å². The van der Waals surface area contributed by atoms with Gasteiger partial charge in [-0.1, -0.05) is 0 Å². The minimum atomic E-state index is 0.308. The molecule has 3 rings (SSSR count). The zero-order chi connectivity index (χ0) is 7.14. The van der Waals surface area contributed by atoms with Gasteiger partial charge in [-0.25, -0.2) is 0 Å². The van der Waals surface area contributed by atoms with E-state index in [1.54, 1.807) is 3.93 Å². The predicted molar refractivity (Wildman–Crippen MR) is 41.5 cm³/mol. The molecule has 0 N–H and O–H groups in total. The Kier molecular flexibility index (Phi) is 1.48. The average Bonchev–Trinajstić information content (AvgIpc) is 2.00. The fourth-order valence-electron chi connectivity index (χ4n) is 1.90. The Bertz CT molecular complexity index is 159. The first-order valence-corrected chi connectivity index (χ1v) is 4.49. The van der Waals surface area contributed by atoms with Crippen LogP contribution in [-0.4, -0.2) is 15.9 Å². The van der Waals surface area contributed by atoms with E-state index in [9.17, 15) is 4.79 Å². The van der Waals surface area contributed by atoms with Crippen molar-refractivity contribution < 1.29 is 4.79 Å². The molecular weight excluding hydrogens is 194 g/mol. The number of amides is 1. The highest BCUT2D eigenvalue weighted by Crippen LogP contribution is 2.37. The van der Waals surface area contributed by atoms with Crippen LogP contribution in [0.1, 0.15) is 25.7 Å². The monoisotopic (exact) mass is 203 g/mol. The third kappa shape index (κ3) is 0.797. The van der Waals surface area contributed by atoms with Gasteiger partial charge in [-0.15, -0.1) is 0 Å². The van der Waals surface area contributed by atoms with E-state index in [4.69, 9.17) is 0 Å².